The molecule has 0 saturated heterocycles. The van der Waals surface area contributed by atoms with E-state index in [1.54, 1.807) is 6.07 Å². The van der Waals surface area contributed by atoms with E-state index in [4.69, 9.17) is 5.73 Å². The second-order valence-corrected chi connectivity index (χ2v) is 3.94. The van der Waals surface area contributed by atoms with E-state index in [-0.39, 0.29) is 0 Å². The number of hydrogen-bond acceptors (Lipinski definition) is 2. The highest BCUT2D eigenvalue weighted by molar-refractivity contribution is 5.50. The second kappa shape index (κ2) is 4.37. The van der Waals surface area contributed by atoms with E-state index in [9.17, 15) is 5.11 Å². The van der Waals surface area contributed by atoms with Crippen LogP contribution in [0.4, 0.5) is 5.69 Å². The minimum Gasteiger partial charge on any atom is -0.398 e. The van der Waals surface area contributed by atoms with Crippen LogP contribution in [0, 0.1) is 6.92 Å². The van der Waals surface area contributed by atoms with Crippen LogP contribution in [-0.4, -0.2) is 5.11 Å². The third-order valence-corrected chi connectivity index (χ3v) is 2.68. The van der Waals surface area contributed by atoms with Crippen molar-refractivity contribution in [2.24, 2.45) is 0 Å². The first-order valence-corrected chi connectivity index (χ1v) is 5.27. The van der Waals surface area contributed by atoms with Gasteiger partial charge in [0.1, 0.15) is 6.10 Å². The monoisotopic (exact) mass is 213 g/mol. The molecule has 0 bridgehead atoms. The number of nitrogens with two attached hydrogens (primary N) is 1. The first-order chi connectivity index (χ1) is 7.68. The van der Waals surface area contributed by atoms with E-state index in [2.05, 4.69) is 0 Å². The van der Waals surface area contributed by atoms with Gasteiger partial charge in [0.15, 0.2) is 0 Å². The molecule has 2 rings (SSSR count). The van der Waals surface area contributed by atoms with E-state index >= 15 is 0 Å². The Balaban J connectivity index is 2.35. The van der Waals surface area contributed by atoms with Gasteiger partial charge >= 0.3 is 0 Å². The van der Waals surface area contributed by atoms with Gasteiger partial charge in [0.25, 0.3) is 0 Å². The standard InChI is InChI=1S/C14H15NO/c1-10-6-8-11(9-7-10)14(16)12-4-2-3-5-13(12)15/h2-9,14,16H,15H2,1H3/t14-/m1/s1. The fourth-order valence-electron chi connectivity index (χ4n) is 1.69. The molecule has 0 aromatic heterocycles. The van der Waals surface area contributed by atoms with E-state index in [0.29, 0.717) is 5.69 Å². The molecule has 16 heavy (non-hydrogen) atoms. The molecule has 0 fully saturated rings. The van der Waals surface area contributed by atoms with Crippen LogP contribution >= 0.6 is 0 Å². The number of benzene rings is 2. The minimum atomic E-state index is -0.651. The third kappa shape index (κ3) is 2.07. The van der Waals surface area contributed by atoms with Crippen LogP contribution < -0.4 is 5.73 Å². The van der Waals surface area contributed by atoms with Crippen LogP contribution in [0.5, 0.6) is 0 Å². The fourth-order valence-corrected chi connectivity index (χ4v) is 1.69. The third-order valence-electron chi connectivity index (χ3n) is 2.68. The lowest BCUT2D eigenvalue weighted by molar-refractivity contribution is 0.221. The Hall–Kier alpha value is -1.80. The first kappa shape index (κ1) is 10.7. The van der Waals surface area contributed by atoms with Gasteiger partial charge in [-0.3, -0.25) is 0 Å². The summed E-state index contributed by atoms with van der Waals surface area (Å²) in [6, 6.07) is 15.2. The SMILES string of the molecule is Cc1ccc([C@@H](O)c2ccccc2N)cc1. The number of aliphatic hydroxyl groups excluding tert-OH is 1. The summed E-state index contributed by atoms with van der Waals surface area (Å²) in [5, 5.41) is 10.2. The van der Waals surface area contributed by atoms with Gasteiger partial charge in [0, 0.05) is 11.3 Å². The number of aryl methyl sites for hydroxylation is 1. The molecule has 0 unspecified atom stereocenters. The molecule has 0 saturated carbocycles. The van der Waals surface area contributed by atoms with Crippen molar-refractivity contribution >= 4 is 5.69 Å². The molecule has 0 radical (unpaired) electrons. The Morgan fingerprint density at radius 2 is 1.62 bits per heavy atom. The molecule has 0 aliphatic carbocycles. The summed E-state index contributed by atoms with van der Waals surface area (Å²) in [4.78, 5) is 0. The van der Waals surface area contributed by atoms with E-state index in [0.717, 1.165) is 11.1 Å². The Labute approximate surface area is 95.4 Å². The van der Waals surface area contributed by atoms with Crippen molar-refractivity contribution < 1.29 is 5.11 Å². The highest BCUT2D eigenvalue weighted by Gasteiger charge is 2.12. The molecule has 82 valence electrons. The predicted molar refractivity (Wildman–Crippen MR) is 66.1 cm³/mol. The largest absolute Gasteiger partial charge is 0.398 e. The van der Waals surface area contributed by atoms with Crippen molar-refractivity contribution in [3.8, 4) is 0 Å². The van der Waals surface area contributed by atoms with Gasteiger partial charge in [-0.1, -0.05) is 48.0 Å². The molecule has 0 heterocycles. The number of aliphatic hydroxyl groups is 1. The average molecular weight is 213 g/mol. The zero-order chi connectivity index (χ0) is 11.5. The lowest BCUT2D eigenvalue weighted by atomic mass is 9.99. The summed E-state index contributed by atoms with van der Waals surface area (Å²) in [6.07, 6.45) is -0.651. The molecule has 0 aliphatic rings. The maximum atomic E-state index is 10.2. The Bertz CT molecular complexity index is 476. The molecule has 3 N–H and O–H groups in total. The van der Waals surface area contributed by atoms with Gasteiger partial charge in [-0.25, -0.2) is 0 Å². The summed E-state index contributed by atoms with van der Waals surface area (Å²) in [7, 11) is 0. The van der Waals surface area contributed by atoms with Crippen molar-refractivity contribution in [2.75, 3.05) is 5.73 Å². The molecule has 2 heteroatoms. The molecule has 1 atom stereocenters. The van der Waals surface area contributed by atoms with E-state index in [1.807, 2.05) is 49.4 Å². The van der Waals surface area contributed by atoms with Gasteiger partial charge in [-0.15, -0.1) is 0 Å². The number of anilines is 1. The normalized spacial score (nSPS) is 12.4. The van der Waals surface area contributed by atoms with Gasteiger partial charge < -0.3 is 10.8 Å². The van der Waals surface area contributed by atoms with Crippen LogP contribution in [0.25, 0.3) is 0 Å². The summed E-state index contributed by atoms with van der Waals surface area (Å²) < 4.78 is 0. The molecular weight excluding hydrogens is 198 g/mol. The zero-order valence-corrected chi connectivity index (χ0v) is 9.22. The van der Waals surface area contributed by atoms with Crippen LogP contribution in [0.3, 0.4) is 0 Å². The van der Waals surface area contributed by atoms with Crippen molar-refractivity contribution in [3.05, 3.63) is 65.2 Å². The molecule has 0 aliphatic heterocycles. The van der Waals surface area contributed by atoms with E-state index < -0.39 is 6.10 Å². The smallest absolute Gasteiger partial charge is 0.106 e. The number of nitrogen functional groups attached to an aromatic ring is 1. The summed E-state index contributed by atoms with van der Waals surface area (Å²) >= 11 is 0. The van der Waals surface area contributed by atoms with Gasteiger partial charge in [-0.05, 0) is 18.6 Å². The van der Waals surface area contributed by atoms with Crippen LogP contribution in [0.2, 0.25) is 0 Å². The Morgan fingerprint density at radius 3 is 2.25 bits per heavy atom. The zero-order valence-electron chi connectivity index (χ0n) is 9.22. The van der Waals surface area contributed by atoms with Crippen LogP contribution in [-0.2, 0) is 0 Å². The fraction of sp³-hybridized carbons (Fsp3) is 0.143. The topological polar surface area (TPSA) is 46.2 Å². The summed E-state index contributed by atoms with van der Waals surface area (Å²) in [5.74, 6) is 0. The maximum absolute atomic E-state index is 10.2. The summed E-state index contributed by atoms with van der Waals surface area (Å²) in [6.45, 7) is 2.02. The van der Waals surface area contributed by atoms with Gasteiger partial charge in [0.05, 0.1) is 0 Å². The second-order valence-electron chi connectivity index (χ2n) is 3.94. The number of rotatable bonds is 2. The molecular formula is C14H15NO. The first-order valence-electron chi connectivity index (χ1n) is 5.27. The lowest BCUT2D eigenvalue weighted by Crippen LogP contribution is -2.03. The molecule has 2 aromatic carbocycles. The maximum Gasteiger partial charge on any atom is 0.106 e. The van der Waals surface area contributed by atoms with Crippen molar-refractivity contribution in [2.45, 2.75) is 13.0 Å². The van der Waals surface area contributed by atoms with Crippen molar-refractivity contribution in [1.82, 2.24) is 0 Å². The highest BCUT2D eigenvalue weighted by Crippen LogP contribution is 2.26. The molecule has 0 amide bonds. The Kier molecular flexibility index (Phi) is 2.93. The van der Waals surface area contributed by atoms with Crippen molar-refractivity contribution in [3.63, 3.8) is 0 Å². The molecule has 0 spiro atoms. The summed E-state index contributed by atoms with van der Waals surface area (Å²) in [5.41, 5.74) is 9.25. The average Bonchev–Trinajstić information content (AvgIpc) is 2.30. The van der Waals surface area contributed by atoms with Crippen LogP contribution in [0.1, 0.15) is 22.8 Å². The molecule has 2 nitrogen and oxygen atoms in total. The molecule has 2 aromatic rings. The van der Waals surface area contributed by atoms with Crippen LogP contribution in [0.15, 0.2) is 48.5 Å². The lowest BCUT2D eigenvalue weighted by Gasteiger charge is -2.13. The highest BCUT2D eigenvalue weighted by atomic mass is 16.3. The number of para-hydroxylation sites is 1. The van der Waals surface area contributed by atoms with Crippen molar-refractivity contribution in [1.29, 1.82) is 0 Å². The quantitative estimate of drug-likeness (QED) is 0.753. The van der Waals surface area contributed by atoms with Gasteiger partial charge in [0.2, 0.25) is 0 Å². The Morgan fingerprint density at radius 1 is 1.00 bits per heavy atom. The predicted octanol–water partition coefficient (Wildman–Crippen LogP) is 2.66. The van der Waals surface area contributed by atoms with Gasteiger partial charge in [-0.2, -0.15) is 0 Å². The number of hydrogen-bond donors (Lipinski definition) is 2. The van der Waals surface area contributed by atoms with E-state index in [1.165, 1.54) is 5.56 Å². The minimum absolute atomic E-state index is 0.621.